The first-order chi connectivity index (χ1) is 14.2. The zero-order chi connectivity index (χ0) is 21.9. The molecular formula is C20H19IN4O4S. The average Bonchev–Trinajstić information content (AvgIpc) is 2.71. The molecule has 0 atom stereocenters. The van der Waals surface area contributed by atoms with Gasteiger partial charge in [0.1, 0.15) is 10.6 Å². The van der Waals surface area contributed by atoms with Crippen molar-refractivity contribution in [3.05, 3.63) is 54.6 Å². The van der Waals surface area contributed by atoms with Crippen LogP contribution in [0.1, 0.15) is 0 Å². The van der Waals surface area contributed by atoms with Crippen LogP contribution in [0, 0.1) is 0 Å². The quantitative estimate of drug-likeness (QED) is 0.200. The van der Waals surface area contributed by atoms with Gasteiger partial charge in [0.05, 0.1) is 10.1 Å². The van der Waals surface area contributed by atoms with Crippen molar-refractivity contribution < 1.29 is 17.8 Å². The summed E-state index contributed by atoms with van der Waals surface area (Å²) in [7, 11) is -0.689. The Morgan fingerprint density at radius 3 is 2.30 bits per heavy atom. The van der Waals surface area contributed by atoms with Gasteiger partial charge in [0.2, 0.25) is 5.91 Å². The van der Waals surface area contributed by atoms with Crippen LogP contribution in [0.3, 0.4) is 0 Å². The van der Waals surface area contributed by atoms with Crippen LogP contribution in [0.15, 0.2) is 69.7 Å². The zero-order valence-corrected chi connectivity index (χ0v) is 19.2. The predicted octanol–water partition coefficient (Wildman–Crippen LogP) is 4.94. The molecule has 0 spiro atoms. The number of carbonyl (C=O) groups is 1. The second-order valence-electron chi connectivity index (χ2n) is 6.58. The molecule has 0 aliphatic carbocycles. The number of carbonyl (C=O) groups excluding carboxylic acids is 1. The molecule has 0 saturated carbocycles. The molecule has 1 amide bonds. The number of nitrogens with zero attached hydrogens (tertiary/aromatic N) is 3. The summed E-state index contributed by atoms with van der Waals surface area (Å²) < 4.78 is 33.5. The molecule has 0 heterocycles. The topological polar surface area (TPSA) is 111 Å². The van der Waals surface area contributed by atoms with Crippen molar-refractivity contribution in [2.45, 2.75) is 4.90 Å². The summed E-state index contributed by atoms with van der Waals surface area (Å²) in [5.41, 5.74) is 1.77. The summed E-state index contributed by atoms with van der Waals surface area (Å²) in [5.74, 6) is -0.293. The van der Waals surface area contributed by atoms with Crippen molar-refractivity contribution in [1.29, 1.82) is 0 Å². The van der Waals surface area contributed by atoms with Gasteiger partial charge in [-0.15, -0.1) is 10.2 Å². The molecule has 0 aliphatic heterocycles. The third-order valence-electron chi connectivity index (χ3n) is 4.27. The molecule has 156 valence electrons. The highest BCUT2D eigenvalue weighted by atomic mass is 127. The van der Waals surface area contributed by atoms with Crippen molar-refractivity contribution in [2.75, 3.05) is 28.7 Å². The maximum atomic E-state index is 11.8. The van der Waals surface area contributed by atoms with Crippen LogP contribution in [-0.2, 0) is 14.9 Å². The van der Waals surface area contributed by atoms with Gasteiger partial charge in [-0.2, -0.15) is 8.42 Å². The Balaban J connectivity index is 2.06. The maximum absolute atomic E-state index is 11.8. The van der Waals surface area contributed by atoms with Crippen molar-refractivity contribution in [1.82, 2.24) is 0 Å². The molecule has 3 aromatic rings. The molecule has 0 bridgehead atoms. The number of hydrogen-bond acceptors (Lipinski definition) is 6. The lowest BCUT2D eigenvalue weighted by molar-refractivity contribution is -0.113. The number of alkyl halides is 1. The van der Waals surface area contributed by atoms with Crippen LogP contribution in [-0.4, -0.2) is 37.4 Å². The molecule has 3 rings (SSSR count). The zero-order valence-electron chi connectivity index (χ0n) is 16.2. The highest BCUT2D eigenvalue weighted by molar-refractivity contribution is 14.1. The van der Waals surface area contributed by atoms with Gasteiger partial charge in [-0.25, -0.2) is 0 Å². The number of azo groups is 1. The van der Waals surface area contributed by atoms with Gasteiger partial charge in [0.15, 0.2) is 0 Å². The largest absolute Gasteiger partial charge is 0.377 e. The van der Waals surface area contributed by atoms with E-state index in [9.17, 15) is 17.8 Å². The summed E-state index contributed by atoms with van der Waals surface area (Å²) in [6, 6.07) is 15.4. The third kappa shape index (κ3) is 4.94. The van der Waals surface area contributed by atoms with E-state index in [1.54, 1.807) is 6.07 Å². The van der Waals surface area contributed by atoms with Gasteiger partial charge < -0.3 is 10.2 Å². The van der Waals surface area contributed by atoms with E-state index >= 15 is 0 Å². The van der Waals surface area contributed by atoms with Gasteiger partial charge in [-0.1, -0.05) is 46.9 Å². The normalized spacial score (nSPS) is 11.7. The van der Waals surface area contributed by atoms with E-state index < -0.39 is 15.0 Å². The minimum atomic E-state index is -4.58. The van der Waals surface area contributed by atoms with Gasteiger partial charge in [-0.3, -0.25) is 9.35 Å². The van der Waals surface area contributed by atoms with E-state index in [1.165, 1.54) is 12.1 Å². The summed E-state index contributed by atoms with van der Waals surface area (Å²) in [6.45, 7) is 0. The van der Waals surface area contributed by atoms with E-state index in [2.05, 4.69) is 15.5 Å². The van der Waals surface area contributed by atoms with Crippen LogP contribution in [0.25, 0.3) is 10.8 Å². The Morgan fingerprint density at radius 1 is 1.03 bits per heavy atom. The minimum absolute atomic E-state index is 0.0364. The van der Waals surface area contributed by atoms with E-state index in [0.29, 0.717) is 5.69 Å². The van der Waals surface area contributed by atoms with E-state index in [1.807, 2.05) is 71.9 Å². The Kier molecular flexibility index (Phi) is 6.68. The van der Waals surface area contributed by atoms with Gasteiger partial charge in [-0.05, 0) is 30.3 Å². The maximum Gasteiger partial charge on any atom is 0.296 e. The highest BCUT2D eigenvalue weighted by Gasteiger charge is 2.17. The fourth-order valence-corrected chi connectivity index (χ4v) is 3.77. The number of nitrogens with one attached hydrogen (secondary N) is 1. The molecule has 2 N–H and O–H groups in total. The second-order valence-corrected chi connectivity index (χ2v) is 8.74. The number of hydrogen-bond donors (Lipinski definition) is 2. The molecule has 0 aromatic heterocycles. The van der Waals surface area contributed by atoms with Crippen molar-refractivity contribution >= 4 is 72.1 Å². The minimum Gasteiger partial charge on any atom is -0.377 e. The number of benzene rings is 3. The Bertz CT molecular complexity index is 1240. The second kappa shape index (κ2) is 9.06. The smallest absolute Gasteiger partial charge is 0.296 e. The molecule has 0 saturated heterocycles. The lowest BCUT2D eigenvalue weighted by atomic mass is 10.1. The van der Waals surface area contributed by atoms with E-state index in [-0.39, 0.29) is 21.7 Å². The highest BCUT2D eigenvalue weighted by Crippen LogP contribution is 2.35. The summed E-state index contributed by atoms with van der Waals surface area (Å²) in [5, 5.41) is 12.7. The summed E-state index contributed by atoms with van der Waals surface area (Å²) >= 11 is 1.89. The molecule has 0 fully saturated rings. The number of amides is 1. The van der Waals surface area contributed by atoms with Gasteiger partial charge >= 0.3 is 0 Å². The molecular weight excluding hydrogens is 519 g/mol. The Hall–Kier alpha value is -2.57. The lowest BCUT2D eigenvalue weighted by Gasteiger charge is -2.16. The van der Waals surface area contributed by atoms with Crippen LogP contribution in [0.2, 0.25) is 0 Å². The first-order valence-corrected chi connectivity index (χ1v) is 11.8. The number of halogens is 1. The fraction of sp³-hybridized carbons (Fsp3) is 0.150. The average molecular weight is 538 g/mol. The first kappa shape index (κ1) is 22.1. The standard InChI is InChI=1S/C20H19IN4O4S/c1-25(2)18-10-9-16(14-5-3-4-6-15(14)18)23-24-17-8-7-13(22-20(26)12-21)11-19(17)30(27,28)29/h3-11H,12H2,1-2H3,(H,22,26)(H,27,28,29). The van der Waals surface area contributed by atoms with Crippen LogP contribution < -0.4 is 10.2 Å². The first-order valence-electron chi connectivity index (χ1n) is 8.79. The molecule has 10 heteroatoms. The monoisotopic (exact) mass is 538 g/mol. The molecule has 0 unspecified atom stereocenters. The van der Waals surface area contributed by atoms with Crippen LogP contribution in [0.4, 0.5) is 22.7 Å². The Labute approximate surface area is 187 Å². The molecule has 0 radical (unpaired) electrons. The van der Waals surface area contributed by atoms with Crippen molar-refractivity contribution in [3.8, 4) is 0 Å². The molecule has 30 heavy (non-hydrogen) atoms. The summed E-state index contributed by atoms with van der Waals surface area (Å²) in [4.78, 5) is 13.1. The van der Waals surface area contributed by atoms with Gasteiger partial charge in [0.25, 0.3) is 10.1 Å². The van der Waals surface area contributed by atoms with Crippen molar-refractivity contribution in [3.63, 3.8) is 0 Å². The van der Waals surface area contributed by atoms with E-state index in [0.717, 1.165) is 22.5 Å². The Morgan fingerprint density at radius 2 is 1.67 bits per heavy atom. The molecule has 0 aliphatic rings. The summed E-state index contributed by atoms with van der Waals surface area (Å²) in [6.07, 6.45) is 0. The van der Waals surface area contributed by atoms with Crippen molar-refractivity contribution in [2.24, 2.45) is 10.2 Å². The molecule has 8 nitrogen and oxygen atoms in total. The SMILES string of the molecule is CN(C)c1ccc(N=Nc2ccc(NC(=O)CI)cc2S(=O)(=O)O)c2ccccc12. The van der Waals surface area contributed by atoms with E-state index in [4.69, 9.17) is 0 Å². The fourth-order valence-electron chi connectivity index (χ4n) is 2.93. The third-order valence-corrected chi connectivity index (χ3v) is 5.84. The predicted molar refractivity (Wildman–Crippen MR) is 126 cm³/mol. The number of fused-ring (bicyclic) bond motifs is 1. The number of rotatable bonds is 6. The number of anilines is 2. The van der Waals surface area contributed by atoms with Gasteiger partial charge in [0, 0.05) is 36.2 Å². The lowest BCUT2D eigenvalue weighted by Crippen LogP contribution is -2.12. The van der Waals surface area contributed by atoms with Crippen LogP contribution >= 0.6 is 22.6 Å². The van der Waals surface area contributed by atoms with Crippen LogP contribution in [0.5, 0.6) is 0 Å². The molecule has 3 aromatic carbocycles.